The summed E-state index contributed by atoms with van der Waals surface area (Å²) in [6, 6.07) is 7.30. The molecule has 1 amide bonds. The van der Waals surface area contributed by atoms with Crippen molar-refractivity contribution in [3.05, 3.63) is 53.6 Å². The van der Waals surface area contributed by atoms with E-state index in [0.29, 0.717) is 13.1 Å². The van der Waals surface area contributed by atoms with Crippen molar-refractivity contribution < 1.29 is 18.7 Å². The van der Waals surface area contributed by atoms with Gasteiger partial charge in [-0.25, -0.2) is 9.18 Å². The zero-order valence-electron chi connectivity index (χ0n) is 14.9. The van der Waals surface area contributed by atoms with Gasteiger partial charge in [0.25, 0.3) is 0 Å². The van der Waals surface area contributed by atoms with Crippen molar-refractivity contribution in [1.82, 2.24) is 14.8 Å². The van der Waals surface area contributed by atoms with Crippen molar-refractivity contribution in [3.8, 4) is 11.5 Å². The Morgan fingerprint density at radius 1 is 1.19 bits per heavy atom. The summed E-state index contributed by atoms with van der Waals surface area (Å²) >= 11 is 0. The maximum Gasteiger partial charge on any atom is 0.415 e. The summed E-state index contributed by atoms with van der Waals surface area (Å²) in [7, 11) is 1.67. The minimum absolute atomic E-state index is 0.117. The Bertz CT molecular complexity index is 776. The van der Waals surface area contributed by atoms with E-state index in [-0.39, 0.29) is 5.75 Å². The van der Waals surface area contributed by atoms with Crippen molar-refractivity contribution in [1.29, 1.82) is 0 Å². The Morgan fingerprint density at radius 3 is 2.62 bits per heavy atom. The highest BCUT2D eigenvalue weighted by molar-refractivity contribution is 5.70. The third kappa shape index (κ3) is 4.49. The molecule has 0 bridgehead atoms. The van der Waals surface area contributed by atoms with E-state index in [1.807, 2.05) is 13.0 Å². The molecule has 0 radical (unpaired) electrons. The highest BCUT2D eigenvalue weighted by Crippen LogP contribution is 2.20. The lowest BCUT2D eigenvalue weighted by atomic mass is 10.1. The molecule has 0 N–H and O–H groups in total. The molecule has 1 saturated heterocycles. The molecule has 138 valence electrons. The van der Waals surface area contributed by atoms with Gasteiger partial charge in [0, 0.05) is 38.8 Å². The first-order chi connectivity index (χ1) is 12.5. The van der Waals surface area contributed by atoms with E-state index in [4.69, 9.17) is 9.47 Å². The van der Waals surface area contributed by atoms with Gasteiger partial charge < -0.3 is 14.4 Å². The van der Waals surface area contributed by atoms with E-state index >= 15 is 0 Å². The average molecular weight is 359 g/mol. The van der Waals surface area contributed by atoms with E-state index in [9.17, 15) is 9.18 Å². The van der Waals surface area contributed by atoms with Crippen LogP contribution in [0.2, 0.25) is 0 Å². The van der Waals surface area contributed by atoms with Gasteiger partial charge >= 0.3 is 6.09 Å². The summed E-state index contributed by atoms with van der Waals surface area (Å²) in [6.07, 6.45) is 1.91. The van der Waals surface area contributed by atoms with Crippen molar-refractivity contribution >= 4 is 6.09 Å². The molecule has 1 aromatic heterocycles. The first-order valence-corrected chi connectivity index (χ1v) is 8.48. The molecule has 2 aromatic rings. The molecule has 2 heterocycles. The zero-order valence-corrected chi connectivity index (χ0v) is 14.9. The fourth-order valence-electron chi connectivity index (χ4n) is 3.00. The molecule has 0 aliphatic carbocycles. The third-order valence-electron chi connectivity index (χ3n) is 4.38. The number of piperazine rings is 1. The number of benzene rings is 1. The smallest absolute Gasteiger partial charge is 0.415 e. The molecule has 1 aliphatic heterocycles. The van der Waals surface area contributed by atoms with Crippen LogP contribution in [0.5, 0.6) is 11.5 Å². The Morgan fingerprint density at radius 2 is 1.96 bits per heavy atom. The Balaban J connectivity index is 1.50. The van der Waals surface area contributed by atoms with Gasteiger partial charge in [-0.05, 0) is 24.1 Å². The quantitative estimate of drug-likeness (QED) is 0.840. The van der Waals surface area contributed by atoms with Crippen LogP contribution in [-0.2, 0) is 6.54 Å². The number of carbonyl (C=O) groups is 1. The minimum atomic E-state index is -0.532. The summed E-state index contributed by atoms with van der Waals surface area (Å²) in [6.45, 7) is 5.48. The molecule has 1 fully saturated rings. The van der Waals surface area contributed by atoms with Crippen LogP contribution in [0.15, 0.2) is 36.7 Å². The third-order valence-corrected chi connectivity index (χ3v) is 4.38. The van der Waals surface area contributed by atoms with Crippen LogP contribution in [0.1, 0.15) is 11.1 Å². The van der Waals surface area contributed by atoms with Gasteiger partial charge in [-0.15, -0.1) is 0 Å². The van der Waals surface area contributed by atoms with Crippen LogP contribution in [0.4, 0.5) is 9.18 Å². The van der Waals surface area contributed by atoms with Gasteiger partial charge in [-0.2, -0.15) is 0 Å². The molecule has 0 atom stereocenters. The monoisotopic (exact) mass is 359 g/mol. The van der Waals surface area contributed by atoms with Crippen molar-refractivity contribution in [3.63, 3.8) is 0 Å². The number of carbonyl (C=O) groups excluding carboxylic acids is 1. The Labute approximate surface area is 152 Å². The molecule has 3 rings (SSSR count). The second kappa shape index (κ2) is 8.14. The minimum Gasteiger partial charge on any atom is -0.496 e. The number of aromatic nitrogens is 1. The van der Waals surface area contributed by atoms with Gasteiger partial charge in [0.15, 0.2) is 5.75 Å². The Hall–Kier alpha value is -2.67. The van der Waals surface area contributed by atoms with Crippen molar-refractivity contribution in [2.75, 3.05) is 33.3 Å². The Kier molecular flexibility index (Phi) is 5.68. The number of hydrogen-bond acceptors (Lipinski definition) is 5. The van der Waals surface area contributed by atoms with Crippen LogP contribution in [0.25, 0.3) is 0 Å². The highest BCUT2D eigenvalue weighted by atomic mass is 19.1. The van der Waals surface area contributed by atoms with Gasteiger partial charge in [0.05, 0.1) is 19.5 Å². The molecular formula is C19H22FN3O3. The molecular weight excluding hydrogens is 337 g/mol. The van der Waals surface area contributed by atoms with E-state index in [2.05, 4.69) is 22.0 Å². The number of aryl methyl sites for hydroxylation is 1. The second-order valence-electron chi connectivity index (χ2n) is 6.27. The van der Waals surface area contributed by atoms with Gasteiger partial charge in [0.1, 0.15) is 11.6 Å². The predicted molar refractivity (Wildman–Crippen MR) is 94.8 cm³/mol. The molecule has 26 heavy (non-hydrogen) atoms. The first kappa shape index (κ1) is 18.1. The molecule has 7 heteroatoms. The summed E-state index contributed by atoms with van der Waals surface area (Å²) < 4.78 is 23.6. The SMILES string of the molecule is COc1ccc(CN2CCN(C(=O)Oc3cncc(F)c3)CC2)cc1C. The van der Waals surface area contributed by atoms with Crippen LogP contribution in [0, 0.1) is 12.7 Å². The number of halogens is 1. The highest BCUT2D eigenvalue weighted by Gasteiger charge is 2.23. The number of amides is 1. The van der Waals surface area contributed by atoms with E-state index in [1.165, 1.54) is 11.8 Å². The van der Waals surface area contributed by atoms with Crippen molar-refractivity contribution in [2.45, 2.75) is 13.5 Å². The van der Waals surface area contributed by atoms with Crippen LogP contribution in [0.3, 0.4) is 0 Å². The first-order valence-electron chi connectivity index (χ1n) is 8.48. The van der Waals surface area contributed by atoms with Crippen molar-refractivity contribution in [2.24, 2.45) is 0 Å². The molecule has 1 aromatic carbocycles. The van der Waals surface area contributed by atoms with Crippen LogP contribution >= 0.6 is 0 Å². The molecule has 0 spiro atoms. The standard InChI is InChI=1S/C19H22FN3O3/c1-14-9-15(3-4-18(14)25-2)13-22-5-7-23(8-6-22)19(24)26-17-10-16(20)11-21-12-17/h3-4,9-12H,5-8,13H2,1-2H3. The molecule has 0 saturated carbocycles. The van der Waals surface area contributed by atoms with Gasteiger partial charge in [-0.3, -0.25) is 9.88 Å². The number of nitrogens with zero attached hydrogens (tertiary/aromatic N) is 3. The summed E-state index contributed by atoms with van der Waals surface area (Å²) in [5, 5.41) is 0. The number of pyridine rings is 1. The summed E-state index contributed by atoms with van der Waals surface area (Å²) in [5.41, 5.74) is 2.32. The van der Waals surface area contributed by atoms with Gasteiger partial charge in [0.2, 0.25) is 0 Å². The molecule has 1 aliphatic rings. The largest absolute Gasteiger partial charge is 0.496 e. The zero-order chi connectivity index (χ0) is 18.5. The predicted octanol–water partition coefficient (Wildman–Crippen LogP) is 2.85. The number of ether oxygens (including phenoxy) is 2. The van der Waals surface area contributed by atoms with Gasteiger partial charge in [-0.1, -0.05) is 12.1 Å². The van der Waals surface area contributed by atoms with E-state index in [0.717, 1.165) is 43.2 Å². The summed E-state index contributed by atoms with van der Waals surface area (Å²) in [5.74, 6) is 0.467. The average Bonchev–Trinajstić information content (AvgIpc) is 2.62. The fraction of sp³-hybridized carbons (Fsp3) is 0.368. The summed E-state index contributed by atoms with van der Waals surface area (Å²) in [4.78, 5) is 19.8. The number of rotatable bonds is 4. The van der Waals surface area contributed by atoms with E-state index < -0.39 is 11.9 Å². The van der Waals surface area contributed by atoms with Crippen LogP contribution < -0.4 is 9.47 Å². The number of methoxy groups -OCH3 is 1. The molecule has 6 nitrogen and oxygen atoms in total. The number of hydrogen-bond donors (Lipinski definition) is 0. The van der Waals surface area contributed by atoms with Crippen LogP contribution in [-0.4, -0.2) is 54.2 Å². The maximum atomic E-state index is 13.1. The lowest BCUT2D eigenvalue weighted by Crippen LogP contribution is -2.49. The van der Waals surface area contributed by atoms with E-state index in [1.54, 1.807) is 12.0 Å². The normalized spacial score (nSPS) is 15.0. The molecule has 0 unspecified atom stereocenters. The topological polar surface area (TPSA) is 54.9 Å². The fourth-order valence-corrected chi connectivity index (χ4v) is 3.00. The second-order valence-corrected chi connectivity index (χ2v) is 6.27. The lowest BCUT2D eigenvalue weighted by Gasteiger charge is -2.34. The maximum absolute atomic E-state index is 13.1. The lowest BCUT2D eigenvalue weighted by molar-refractivity contribution is 0.107.